The molecule has 4 rings (SSSR count). The molecule has 0 saturated carbocycles. The van der Waals surface area contributed by atoms with E-state index in [4.69, 9.17) is 4.74 Å². The van der Waals surface area contributed by atoms with E-state index in [1.165, 1.54) is 18.2 Å². The van der Waals surface area contributed by atoms with Gasteiger partial charge in [0, 0.05) is 23.1 Å². The molecule has 0 fully saturated rings. The third-order valence-electron chi connectivity index (χ3n) is 4.72. The van der Waals surface area contributed by atoms with Crippen LogP contribution in [0.2, 0.25) is 0 Å². The predicted octanol–water partition coefficient (Wildman–Crippen LogP) is 5.16. The third kappa shape index (κ3) is 4.89. The number of rotatable bonds is 5. The van der Waals surface area contributed by atoms with E-state index in [1.54, 1.807) is 49.6 Å². The highest BCUT2D eigenvalue weighted by atomic mass is 19.1. The van der Waals surface area contributed by atoms with E-state index in [9.17, 15) is 9.18 Å². The van der Waals surface area contributed by atoms with E-state index in [2.05, 4.69) is 25.6 Å². The number of hydrogen-bond acceptors (Lipinski definition) is 5. The molecule has 4 aromatic rings. The number of carbonyl (C=O) groups is 1. The standard InChI is InChI=1S/C23H21FN6O2/c1-14-15(2)30(13-25-14)21-12-22(27-16(3)26-21)32-20-9-7-18(8-10-20)28-23(31)29-19-6-4-5-17(24)11-19/h4-13H,1-3H3,(H2,28,29,31). The lowest BCUT2D eigenvalue weighted by molar-refractivity contribution is 0.262. The van der Waals surface area contributed by atoms with Gasteiger partial charge in [-0.3, -0.25) is 4.57 Å². The Labute approximate surface area is 184 Å². The number of hydrogen-bond donors (Lipinski definition) is 2. The second-order valence-electron chi connectivity index (χ2n) is 7.11. The van der Waals surface area contributed by atoms with Crippen LogP contribution in [0, 0.1) is 26.6 Å². The number of nitrogens with zero attached hydrogens (tertiary/aromatic N) is 4. The molecule has 2 aromatic carbocycles. The lowest BCUT2D eigenvalue weighted by Crippen LogP contribution is -2.19. The van der Waals surface area contributed by atoms with Gasteiger partial charge < -0.3 is 15.4 Å². The van der Waals surface area contributed by atoms with Crippen molar-refractivity contribution in [3.63, 3.8) is 0 Å². The largest absolute Gasteiger partial charge is 0.439 e. The number of halogens is 1. The quantitative estimate of drug-likeness (QED) is 0.454. The van der Waals surface area contributed by atoms with E-state index >= 15 is 0 Å². The minimum absolute atomic E-state index is 0.362. The van der Waals surface area contributed by atoms with Crippen LogP contribution in [0.5, 0.6) is 11.6 Å². The molecule has 32 heavy (non-hydrogen) atoms. The van der Waals surface area contributed by atoms with Crippen molar-refractivity contribution in [1.82, 2.24) is 19.5 Å². The normalized spacial score (nSPS) is 10.6. The summed E-state index contributed by atoms with van der Waals surface area (Å²) in [5.41, 5.74) is 2.82. The minimum atomic E-state index is -0.480. The lowest BCUT2D eigenvalue weighted by Gasteiger charge is -2.11. The van der Waals surface area contributed by atoms with Crippen molar-refractivity contribution in [2.24, 2.45) is 0 Å². The molecule has 8 nitrogen and oxygen atoms in total. The first-order chi connectivity index (χ1) is 15.4. The molecule has 0 atom stereocenters. The maximum atomic E-state index is 13.2. The number of urea groups is 1. The molecule has 162 valence electrons. The average Bonchev–Trinajstić information content (AvgIpc) is 3.07. The molecule has 0 radical (unpaired) electrons. The first-order valence-corrected chi connectivity index (χ1v) is 9.85. The fourth-order valence-electron chi connectivity index (χ4n) is 3.02. The van der Waals surface area contributed by atoms with Crippen molar-refractivity contribution in [1.29, 1.82) is 0 Å². The Hall–Kier alpha value is -4.27. The number of carbonyl (C=O) groups excluding carboxylic acids is 1. The van der Waals surface area contributed by atoms with Crippen molar-refractivity contribution >= 4 is 17.4 Å². The summed E-state index contributed by atoms with van der Waals surface area (Å²) in [5.74, 6) is 1.74. The Balaban J connectivity index is 1.43. The van der Waals surface area contributed by atoms with Gasteiger partial charge in [0.2, 0.25) is 5.88 Å². The average molecular weight is 432 g/mol. The van der Waals surface area contributed by atoms with Gasteiger partial charge in [0.1, 0.15) is 29.5 Å². The van der Waals surface area contributed by atoms with Crippen LogP contribution >= 0.6 is 0 Å². The zero-order chi connectivity index (χ0) is 22.7. The highest BCUT2D eigenvalue weighted by Crippen LogP contribution is 2.24. The summed E-state index contributed by atoms with van der Waals surface area (Å²) >= 11 is 0. The second kappa shape index (κ2) is 8.84. The first-order valence-electron chi connectivity index (χ1n) is 9.85. The molecule has 2 amide bonds. The topological polar surface area (TPSA) is 94.0 Å². The van der Waals surface area contributed by atoms with E-state index in [1.807, 2.05) is 18.4 Å². The zero-order valence-electron chi connectivity index (χ0n) is 17.8. The van der Waals surface area contributed by atoms with Crippen LogP contribution in [0.15, 0.2) is 60.9 Å². The predicted molar refractivity (Wildman–Crippen MR) is 119 cm³/mol. The Morgan fingerprint density at radius 3 is 2.41 bits per heavy atom. The molecule has 0 aliphatic carbocycles. The van der Waals surface area contributed by atoms with Crippen LogP contribution in [0.25, 0.3) is 5.82 Å². The molecule has 2 heterocycles. The molecule has 0 unspecified atom stereocenters. The number of amides is 2. The summed E-state index contributed by atoms with van der Waals surface area (Å²) in [7, 11) is 0. The summed E-state index contributed by atoms with van der Waals surface area (Å²) in [4.78, 5) is 25.2. The second-order valence-corrected chi connectivity index (χ2v) is 7.11. The number of nitrogens with one attached hydrogen (secondary N) is 2. The van der Waals surface area contributed by atoms with E-state index in [0.29, 0.717) is 34.6 Å². The molecule has 0 aliphatic heterocycles. The van der Waals surface area contributed by atoms with Crippen molar-refractivity contribution < 1.29 is 13.9 Å². The van der Waals surface area contributed by atoms with Crippen molar-refractivity contribution in [2.75, 3.05) is 10.6 Å². The van der Waals surface area contributed by atoms with Gasteiger partial charge >= 0.3 is 6.03 Å². The molecule has 0 saturated heterocycles. The van der Waals surface area contributed by atoms with E-state index in [-0.39, 0.29) is 0 Å². The summed E-state index contributed by atoms with van der Waals surface area (Å²) < 4.78 is 21.0. The summed E-state index contributed by atoms with van der Waals surface area (Å²) in [6.07, 6.45) is 1.71. The van der Waals surface area contributed by atoms with Gasteiger partial charge in [-0.25, -0.2) is 19.2 Å². The summed E-state index contributed by atoms with van der Waals surface area (Å²) in [5, 5.41) is 5.26. The van der Waals surface area contributed by atoms with Crippen LogP contribution in [0.1, 0.15) is 17.2 Å². The highest BCUT2D eigenvalue weighted by molar-refractivity contribution is 5.99. The van der Waals surface area contributed by atoms with Gasteiger partial charge in [-0.15, -0.1) is 0 Å². The van der Waals surface area contributed by atoms with Crippen LogP contribution < -0.4 is 15.4 Å². The van der Waals surface area contributed by atoms with Gasteiger partial charge in [-0.1, -0.05) is 6.07 Å². The maximum absolute atomic E-state index is 13.2. The molecule has 2 aromatic heterocycles. The van der Waals surface area contributed by atoms with Gasteiger partial charge in [0.25, 0.3) is 0 Å². The first kappa shape index (κ1) is 21.0. The van der Waals surface area contributed by atoms with Gasteiger partial charge in [-0.05, 0) is 63.2 Å². The minimum Gasteiger partial charge on any atom is -0.439 e. The maximum Gasteiger partial charge on any atom is 0.323 e. The fraction of sp³-hybridized carbons (Fsp3) is 0.130. The number of imidazole rings is 1. The van der Waals surface area contributed by atoms with Gasteiger partial charge in [0.15, 0.2) is 0 Å². The van der Waals surface area contributed by atoms with Crippen molar-refractivity contribution in [2.45, 2.75) is 20.8 Å². The Kier molecular flexibility index (Phi) is 5.80. The molecular weight excluding hydrogens is 411 g/mol. The third-order valence-corrected chi connectivity index (χ3v) is 4.72. The monoisotopic (exact) mass is 432 g/mol. The van der Waals surface area contributed by atoms with Gasteiger partial charge in [0.05, 0.1) is 5.69 Å². The van der Waals surface area contributed by atoms with Crippen LogP contribution in [0.3, 0.4) is 0 Å². The van der Waals surface area contributed by atoms with E-state index < -0.39 is 11.8 Å². The van der Waals surface area contributed by atoms with E-state index in [0.717, 1.165) is 11.4 Å². The Morgan fingerprint density at radius 2 is 1.72 bits per heavy atom. The van der Waals surface area contributed by atoms with Crippen molar-refractivity contribution in [3.05, 3.63) is 84.0 Å². The van der Waals surface area contributed by atoms with Crippen LogP contribution in [0.4, 0.5) is 20.6 Å². The molecule has 0 bridgehead atoms. The summed E-state index contributed by atoms with van der Waals surface area (Å²) in [6.45, 7) is 5.70. The molecule has 0 aliphatic rings. The van der Waals surface area contributed by atoms with Crippen LogP contribution in [-0.4, -0.2) is 25.6 Å². The number of ether oxygens (including phenoxy) is 1. The highest BCUT2D eigenvalue weighted by Gasteiger charge is 2.10. The van der Waals surface area contributed by atoms with Gasteiger partial charge in [-0.2, -0.15) is 4.98 Å². The number of aromatic nitrogens is 4. The lowest BCUT2D eigenvalue weighted by atomic mass is 10.3. The van der Waals surface area contributed by atoms with Crippen molar-refractivity contribution in [3.8, 4) is 17.4 Å². The van der Waals surface area contributed by atoms with Crippen LogP contribution in [-0.2, 0) is 0 Å². The molecule has 2 N–H and O–H groups in total. The molecule has 0 spiro atoms. The number of benzene rings is 2. The Morgan fingerprint density at radius 1 is 0.969 bits per heavy atom. The Bertz CT molecular complexity index is 1270. The smallest absolute Gasteiger partial charge is 0.323 e. The SMILES string of the molecule is Cc1nc(Oc2ccc(NC(=O)Nc3cccc(F)c3)cc2)cc(-n2cnc(C)c2C)n1. The number of aryl methyl sites for hydroxylation is 2. The molecule has 9 heteroatoms. The zero-order valence-corrected chi connectivity index (χ0v) is 17.8. The number of anilines is 2. The fourth-order valence-corrected chi connectivity index (χ4v) is 3.02. The molecular formula is C23H21FN6O2. The summed E-state index contributed by atoms with van der Waals surface area (Å²) in [6, 6.07) is 13.7.